The largest absolute Gasteiger partial charge is 0.381 e. The first-order chi connectivity index (χ1) is 14.7. The Hall–Kier alpha value is -2.21. The number of carbonyl (C=O) groups excluding carboxylic acids is 1. The molecule has 0 unspecified atom stereocenters. The van der Waals surface area contributed by atoms with Crippen molar-refractivity contribution in [3.63, 3.8) is 0 Å². The molecule has 5 nitrogen and oxygen atoms in total. The van der Waals surface area contributed by atoms with Crippen molar-refractivity contribution in [3.8, 4) is 0 Å². The second kappa shape index (κ2) is 12.5. The molecule has 2 aromatic carbocycles. The average Bonchev–Trinajstić information content (AvgIpc) is 2.77. The predicted octanol–water partition coefficient (Wildman–Crippen LogP) is 3.09. The van der Waals surface area contributed by atoms with Gasteiger partial charge in [-0.1, -0.05) is 54.6 Å². The number of piperazine rings is 1. The first-order valence-electron chi connectivity index (χ1n) is 11.1. The van der Waals surface area contributed by atoms with Crippen LogP contribution in [-0.4, -0.2) is 62.1 Å². The van der Waals surface area contributed by atoms with Gasteiger partial charge in [-0.2, -0.15) is 0 Å². The van der Waals surface area contributed by atoms with Crippen molar-refractivity contribution < 1.29 is 9.53 Å². The summed E-state index contributed by atoms with van der Waals surface area (Å²) >= 11 is 0. The van der Waals surface area contributed by atoms with Crippen molar-refractivity contribution in [1.82, 2.24) is 15.1 Å². The third-order valence-electron chi connectivity index (χ3n) is 5.55. The summed E-state index contributed by atoms with van der Waals surface area (Å²) in [6, 6.07) is 18.9. The van der Waals surface area contributed by atoms with E-state index >= 15 is 0 Å². The van der Waals surface area contributed by atoms with Crippen molar-refractivity contribution in [1.29, 1.82) is 0 Å². The van der Waals surface area contributed by atoms with Crippen LogP contribution < -0.4 is 5.32 Å². The molecule has 0 spiro atoms. The molecule has 1 aliphatic heterocycles. The number of rotatable bonds is 11. The van der Waals surface area contributed by atoms with Gasteiger partial charge in [0.1, 0.15) is 0 Å². The third-order valence-corrected chi connectivity index (χ3v) is 5.55. The van der Waals surface area contributed by atoms with Crippen LogP contribution in [0.1, 0.15) is 29.5 Å². The smallest absolute Gasteiger partial charge is 0.220 e. The van der Waals surface area contributed by atoms with E-state index in [-0.39, 0.29) is 5.91 Å². The molecule has 2 aromatic rings. The molecule has 1 saturated heterocycles. The molecule has 0 aromatic heterocycles. The Morgan fingerprint density at radius 2 is 1.67 bits per heavy atom. The minimum Gasteiger partial charge on any atom is -0.381 e. The van der Waals surface area contributed by atoms with E-state index in [9.17, 15) is 4.79 Å². The first-order valence-corrected chi connectivity index (χ1v) is 11.1. The molecular weight excluding hydrogens is 374 g/mol. The fourth-order valence-corrected chi connectivity index (χ4v) is 3.66. The normalized spacial score (nSPS) is 15.2. The zero-order chi connectivity index (χ0) is 21.0. The van der Waals surface area contributed by atoms with Gasteiger partial charge in [0.25, 0.3) is 0 Å². The quantitative estimate of drug-likeness (QED) is 0.580. The summed E-state index contributed by atoms with van der Waals surface area (Å²) < 4.78 is 5.66. The van der Waals surface area contributed by atoms with Crippen LogP contribution in [-0.2, 0) is 29.0 Å². The monoisotopic (exact) mass is 409 g/mol. The number of nitrogens with one attached hydrogen (secondary N) is 1. The van der Waals surface area contributed by atoms with Crippen LogP contribution in [0.4, 0.5) is 0 Å². The van der Waals surface area contributed by atoms with E-state index in [1.807, 2.05) is 18.2 Å². The zero-order valence-corrected chi connectivity index (χ0v) is 18.2. The molecule has 0 saturated carbocycles. The number of benzene rings is 2. The maximum absolute atomic E-state index is 12.1. The van der Waals surface area contributed by atoms with E-state index in [0.717, 1.165) is 51.1 Å². The topological polar surface area (TPSA) is 44.8 Å². The van der Waals surface area contributed by atoms with Crippen LogP contribution in [0.2, 0.25) is 0 Å². The van der Waals surface area contributed by atoms with Crippen LogP contribution in [0.15, 0.2) is 54.6 Å². The summed E-state index contributed by atoms with van der Waals surface area (Å²) in [5, 5.41) is 3.04. The molecule has 1 N–H and O–H groups in total. The Kier molecular flexibility index (Phi) is 9.35. The minimum atomic E-state index is 0.0890. The van der Waals surface area contributed by atoms with E-state index in [4.69, 9.17) is 4.74 Å². The van der Waals surface area contributed by atoms with Gasteiger partial charge in [0, 0.05) is 52.3 Å². The molecule has 0 radical (unpaired) electrons. The molecule has 1 heterocycles. The number of ether oxygens (including phenoxy) is 1. The van der Waals surface area contributed by atoms with Gasteiger partial charge < -0.3 is 15.0 Å². The van der Waals surface area contributed by atoms with E-state index in [2.05, 4.69) is 58.6 Å². The number of amides is 1. The predicted molar refractivity (Wildman–Crippen MR) is 121 cm³/mol. The highest BCUT2D eigenvalue weighted by molar-refractivity contribution is 5.75. The highest BCUT2D eigenvalue weighted by atomic mass is 16.5. The van der Waals surface area contributed by atoms with Crippen LogP contribution in [0.3, 0.4) is 0 Å². The fourth-order valence-electron chi connectivity index (χ4n) is 3.66. The highest BCUT2D eigenvalue weighted by Crippen LogP contribution is 2.10. The summed E-state index contributed by atoms with van der Waals surface area (Å²) in [6.07, 6.45) is 2.17. The zero-order valence-electron chi connectivity index (χ0n) is 18.2. The summed E-state index contributed by atoms with van der Waals surface area (Å²) in [5.41, 5.74) is 3.76. The van der Waals surface area contributed by atoms with E-state index in [1.54, 1.807) is 0 Å². The molecule has 0 atom stereocenters. The number of hydrogen-bond acceptors (Lipinski definition) is 4. The molecule has 1 fully saturated rings. The molecule has 3 rings (SSSR count). The van der Waals surface area contributed by atoms with E-state index in [0.29, 0.717) is 26.2 Å². The Balaban J connectivity index is 1.28. The molecule has 162 valence electrons. The van der Waals surface area contributed by atoms with Crippen LogP contribution >= 0.6 is 0 Å². The number of nitrogens with zero attached hydrogens (tertiary/aromatic N) is 2. The Morgan fingerprint density at radius 3 is 2.47 bits per heavy atom. The van der Waals surface area contributed by atoms with Crippen molar-refractivity contribution in [2.75, 3.05) is 46.4 Å². The van der Waals surface area contributed by atoms with Gasteiger partial charge in [-0.05, 0) is 36.6 Å². The lowest BCUT2D eigenvalue weighted by atomic mass is 10.1. The summed E-state index contributed by atoms with van der Waals surface area (Å²) in [4.78, 5) is 17.0. The van der Waals surface area contributed by atoms with Gasteiger partial charge in [-0.3, -0.25) is 9.69 Å². The average molecular weight is 410 g/mol. The fraction of sp³-hybridized carbons (Fsp3) is 0.480. The molecule has 30 heavy (non-hydrogen) atoms. The summed E-state index contributed by atoms with van der Waals surface area (Å²) in [5.74, 6) is 0.0890. The Labute approximate surface area is 181 Å². The molecule has 0 aliphatic carbocycles. The number of likely N-dealkylation sites (N-methyl/N-ethyl adjacent to an activating group) is 1. The number of hydrogen-bond donors (Lipinski definition) is 1. The molecule has 1 aliphatic rings. The van der Waals surface area contributed by atoms with Gasteiger partial charge in [0.05, 0.1) is 6.61 Å². The van der Waals surface area contributed by atoms with Crippen LogP contribution in [0.5, 0.6) is 0 Å². The summed E-state index contributed by atoms with van der Waals surface area (Å²) in [7, 11) is 2.18. The van der Waals surface area contributed by atoms with E-state index < -0.39 is 0 Å². The first kappa shape index (κ1) is 22.5. The van der Waals surface area contributed by atoms with Gasteiger partial charge in [-0.15, -0.1) is 0 Å². The standard InChI is InChI=1S/C25H35N3O2/c1-27-13-15-28(16-14-27)21-24-10-5-9-23(19-24)20-26-25(29)11-6-17-30-18-12-22-7-3-2-4-8-22/h2-5,7-10,19H,6,11-18,20-21H2,1H3,(H,26,29). The second-order valence-electron chi connectivity index (χ2n) is 8.13. The van der Waals surface area contributed by atoms with Crippen molar-refractivity contribution in [2.45, 2.75) is 32.4 Å². The van der Waals surface area contributed by atoms with Gasteiger partial charge in [0.2, 0.25) is 5.91 Å². The van der Waals surface area contributed by atoms with Crippen molar-refractivity contribution >= 4 is 5.91 Å². The highest BCUT2D eigenvalue weighted by Gasteiger charge is 2.13. The molecule has 5 heteroatoms. The number of carbonyl (C=O) groups is 1. The van der Waals surface area contributed by atoms with Crippen LogP contribution in [0, 0.1) is 0 Å². The summed E-state index contributed by atoms with van der Waals surface area (Å²) in [6.45, 7) is 7.39. The Morgan fingerprint density at radius 1 is 0.933 bits per heavy atom. The SMILES string of the molecule is CN1CCN(Cc2cccc(CNC(=O)CCCOCCc3ccccc3)c2)CC1. The van der Waals surface area contributed by atoms with Gasteiger partial charge in [-0.25, -0.2) is 0 Å². The molecule has 0 bridgehead atoms. The van der Waals surface area contributed by atoms with E-state index in [1.165, 1.54) is 11.1 Å². The lowest BCUT2D eigenvalue weighted by Gasteiger charge is -2.32. The molecular formula is C25H35N3O2. The van der Waals surface area contributed by atoms with Crippen molar-refractivity contribution in [3.05, 3.63) is 71.3 Å². The third kappa shape index (κ3) is 8.27. The maximum atomic E-state index is 12.1. The lowest BCUT2D eigenvalue weighted by Crippen LogP contribution is -2.43. The van der Waals surface area contributed by atoms with Crippen LogP contribution in [0.25, 0.3) is 0 Å². The van der Waals surface area contributed by atoms with Crippen molar-refractivity contribution in [2.24, 2.45) is 0 Å². The lowest BCUT2D eigenvalue weighted by molar-refractivity contribution is -0.121. The van der Waals surface area contributed by atoms with Gasteiger partial charge >= 0.3 is 0 Å². The second-order valence-corrected chi connectivity index (χ2v) is 8.13. The minimum absolute atomic E-state index is 0.0890. The molecule has 1 amide bonds. The Bertz CT molecular complexity index is 758. The van der Waals surface area contributed by atoms with Gasteiger partial charge in [0.15, 0.2) is 0 Å². The maximum Gasteiger partial charge on any atom is 0.220 e.